The van der Waals surface area contributed by atoms with Crippen molar-refractivity contribution in [2.45, 2.75) is 38.5 Å². The first-order chi connectivity index (χ1) is 16.6. The highest BCUT2D eigenvalue weighted by atomic mass is 16.5. The monoisotopic (exact) mass is 471 g/mol. The second-order valence-electron chi connectivity index (χ2n) is 9.39. The molecule has 3 aliphatic rings. The number of nitrogens with one attached hydrogen (secondary N) is 2. The Morgan fingerprint density at radius 1 is 0.912 bits per heavy atom. The molecule has 34 heavy (non-hydrogen) atoms. The van der Waals surface area contributed by atoms with Crippen molar-refractivity contribution in [1.82, 2.24) is 15.1 Å². The Morgan fingerprint density at radius 2 is 1.68 bits per heavy atom. The second-order valence-corrected chi connectivity index (χ2v) is 9.39. The summed E-state index contributed by atoms with van der Waals surface area (Å²) in [6.07, 6.45) is 5.90. The van der Waals surface area contributed by atoms with Gasteiger partial charge in [-0.1, -0.05) is 19.3 Å². The van der Waals surface area contributed by atoms with Gasteiger partial charge < -0.3 is 24.8 Å². The molecule has 1 saturated carbocycles. The first kappa shape index (κ1) is 24.3. The van der Waals surface area contributed by atoms with Gasteiger partial charge >= 0.3 is 6.09 Å². The van der Waals surface area contributed by atoms with E-state index in [1.807, 2.05) is 21.9 Å². The molecule has 1 aromatic carbocycles. The zero-order valence-electron chi connectivity index (χ0n) is 20.2. The van der Waals surface area contributed by atoms with Crippen molar-refractivity contribution >= 4 is 29.3 Å². The number of carbonyl (C=O) groups is 3. The van der Waals surface area contributed by atoms with Crippen LogP contribution in [0.5, 0.6) is 0 Å². The third kappa shape index (κ3) is 5.81. The molecule has 0 atom stereocenters. The van der Waals surface area contributed by atoms with E-state index in [0.29, 0.717) is 56.4 Å². The van der Waals surface area contributed by atoms with Crippen LogP contribution in [0.2, 0.25) is 0 Å². The van der Waals surface area contributed by atoms with E-state index in [1.165, 1.54) is 13.5 Å². The molecule has 1 aromatic rings. The first-order valence-corrected chi connectivity index (χ1v) is 12.6. The minimum absolute atomic E-state index is 0.0361. The van der Waals surface area contributed by atoms with Crippen LogP contribution in [-0.2, 0) is 9.53 Å². The highest BCUT2D eigenvalue weighted by molar-refractivity contribution is 5.98. The van der Waals surface area contributed by atoms with Crippen molar-refractivity contribution in [3.05, 3.63) is 23.8 Å². The summed E-state index contributed by atoms with van der Waals surface area (Å²) in [6.45, 7) is 5.75. The van der Waals surface area contributed by atoms with Crippen LogP contribution in [-0.4, -0.2) is 87.2 Å². The third-order valence-electron chi connectivity index (χ3n) is 7.18. The molecular formula is C25H37N5O4. The van der Waals surface area contributed by atoms with Crippen molar-refractivity contribution in [1.29, 1.82) is 0 Å². The summed E-state index contributed by atoms with van der Waals surface area (Å²) < 4.78 is 4.82. The van der Waals surface area contributed by atoms with Crippen molar-refractivity contribution in [2.75, 3.05) is 69.7 Å². The minimum atomic E-state index is -0.573. The quantitative estimate of drug-likeness (QED) is 0.701. The molecule has 2 N–H and O–H groups in total. The zero-order valence-corrected chi connectivity index (χ0v) is 20.2. The van der Waals surface area contributed by atoms with Crippen LogP contribution in [0.1, 0.15) is 48.9 Å². The Balaban J connectivity index is 1.46. The maximum Gasteiger partial charge on any atom is 0.411 e. The molecule has 0 spiro atoms. The molecule has 0 unspecified atom stereocenters. The lowest BCUT2D eigenvalue weighted by Gasteiger charge is -2.38. The van der Waals surface area contributed by atoms with Crippen LogP contribution >= 0.6 is 0 Å². The smallest absolute Gasteiger partial charge is 0.411 e. The highest BCUT2D eigenvalue weighted by Gasteiger charge is 2.29. The van der Waals surface area contributed by atoms with Gasteiger partial charge in [-0.2, -0.15) is 0 Å². The number of anilines is 2. The summed E-state index contributed by atoms with van der Waals surface area (Å²) in [5.41, 5.74) is 1.94. The summed E-state index contributed by atoms with van der Waals surface area (Å²) in [5.74, 6) is 0.433. The molecule has 186 valence electrons. The van der Waals surface area contributed by atoms with Crippen molar-refractivity contribution in [3.63, 3.8) is 0 Å². The Morgan fingerprint density at radius 3 is 2.41 bits per heavy atom. The first-order valence-electron chi connectivity index (χ1n) is 12.6. The van der Waals surface area contributed by atoms with E-state index < -0.39 is 6.09 Å². The van der Waals surface area contributed by atoms with Crippen LogP contribution in [0.4, 0.5) is 16.2 Å². The van der Waals surface area contributed by atoms with Crippen molar-refractivity contribution in [2.24, 2.45) is 5.92 Å². The Bertz CT molecular complexity index is 870. The average Bonchev–Trinajstić information content (AvgIpc) is 3.18. The average molecular weight is 472 g/mol. The summed E-state index contributed by atoms with van der Waals surface area (Å²) >= 11 is 0. The number of amides is 3. The lowest BCUT2D eigenvalue weighted by atomic mass is 9.88. The number of methoxy groups -OCH3 is 1. The van der Waals surface area contributed by atoms with Gasteiger partial charge in [0.1, 0.15) is 0 Å². The molecule has 9 nitrogen and oxygen atoms in total. The number of piperazine rings is 1. The fraction of sp³-hybridized carbons (Fsp3) is 0.640. The summed E-state index contributed by atoms with van der Waals surface area (Å²) in [6, 6.07) is 5.47. The summed E-state index contributed by atoms with van der Waals surface area (Å²) in [5, 5.41) is 6.10. The Labute approximate surface area is 201 Å². The van der Waals surface area contributed by atoms with Crippen LogP contribution in [0.3, 0.4) is 0 Å². The van der Waals surface area contributed by atoms with E-state index >= 15 is 0 Å². The van der Waals surface area contributed by atoms with E-state index in [9.17, 15) is 14.4 Å². The number of benzene rings is 1. The normalized spacial score (nSPS) is 20.0. The fourth-order valence-electron chi connectivity index (χ4n) is 5.21. The predicted molar refractivity (Wildman–Crippen MR) is 131 cm³/mol. The van der Waals surface area contributed by atoms with E-state index in [4.69, 9.17) is 4.74 Å². The molecule has 2 aliphatic heterocycles. The van der Waals surface area contributed by atoms with Gasteiger partial charge in [-0.25, -0.2) is 4.79 Å². The lowest BCUT2D eigenvalue weighted by Crippen LogP contribution is -2.50. The van der Waals surface area contributed by atoms with E-state index in [0.717, 1.165) is 50.9 Å². The van der Waals surface area contributed by atoms with Crippen LogP contribution < -0.4 is 15.5 Å². The SMILES string of the molecule is COC(=O)Nc1cc(C(=O)N2CCCNCC2)ccc1N1CCN(C(=O)C2CCCCC2)CC1. The van der Waals surface area contributed by atoms with Gasteiger partial charge in [0.2, 0.25) is 5.91 Å². The Kier molecular flexibility index (Phi) is 8.26. The third-order valence-corrected chi connectivity index (χ3v) is 7.18. The molecular weight excluding hydrogens is 434 g/mol. The summed E-state index contributed by atoms with van der Waals surface area (Å²) in [4.78, 5) is 44.1. The standard InChI is InChI=1S/C25H37N5O4/c1-34-25(33)27-21-18-20(24(32)29-12-5-10-26-11-13-29)8-9-22(21)28-14-16-30(17-15-28)23(31)19-6-3-2-4-7-19/h8-9,18-19,26H,2-7,10-17H2,1H3,(H,27,33). The molecule has 2 heterocycles. The number of nitrogens with zero attached hydrogens (tertiary/aromatic N) is 3. The summed E-state index contributed by atoms with van der Waals surface area (Å²) in [7, 11) is 1.32. The molecule has 0 bridgehead atoms. The molecule has 0 aromatic heterocycles. The largest absolute Gasteiger partial charge is 0.453 e. The van der Waals surface area contributed by atoms with Crippen LogP contribution in [0.15, 0.2) is 18.2 Å². The lowest BCUT2D eigenvalue weighted by molar-refractivity contribution is -0.136. The van der Waals surface area contributed by atoms with E-state index in [2.05, 4.69) is 15.5 Å². The minimum Gasteiger partial charge on any atom is -0.453 e. The van der Waals surface area contributed by atoms with Crippen molar-refractivity contribution in [3.8, 4) is 0 Å². The molecule has 2 saturated heterocycles. The molecule has 1 aliphatic carbocycles. The number of hydrogen-bond donors (Lipinski definition) is 2. The van der Waals surface area contributed by atoms with Crippen LogP contribution in [0, 0.1) is 5.92 Å². The number of rotatable bonds is 4. The fourth-order valence-corrected chi connectivity index (χ4v) is 5.21. The molecule has 3 fully saturated rings. The van der Waals surface area contributed by atoms with Crippen molar-refractivity contribution < 1.29 is 19.1 Å². The van der Waals surface area contributed by atoms with Gasteiger partial charge in [-0.3, -0.25) is 14.9 Å². The van der Waals surface area contributed by atoms with Gasteiger partial charge in [-0.05, 0) is 44.0 Å². The van der Waals surface area contributed by atoms with Crippen LogP contribution in [0.25, 0.3) is 0 Å². The molecule has 4 rings (SSSR count). The maximum atomic E-state index is 13.1. The number of carbonyl (C=O) groups excluding carboxylic acids is 3. The van der Waals surface area contributed by atoms with Gasteiger partial charge in [-0.15, -0.1) is 0 Å². The molecule has 0 radical (unpaired) electrons. The topological polar surface area (TPSA) is 94.2 Å². The molecule has 3 amide bonds. The predicted octanol–water partition coefficient (Wildman–Crippen LogP) is 2.53. The van der Waals surface area contributed by atoms with E-state index in [1.54, 1.807) is 6.07 Å². The van der Waals surface area contributed by atoms with Gasteiger partial charge in [0.05, 0.1) is 18.5 Å². The molecule has 9 heteroatoms. The highest BCUT2D eigenvalue weighted by Crippen LogP contribution is 2.30. The number of hydrogen-bond acceptors (Lipinski definition) is 6. The van der Waals surface area contributed by atoms with Gasteiger partial charge in [0.25, 0.3) is 5.91 Å². The van der Waals surface area contributed by atoms with Gasteiger partial charge in [0, 0.05) is 57.3 Å². The van der Waals surface area contributed by atoms with E-state index in [-0.39, 0.29) is 11.8 Å². The zero-order chi connectivity index (χ0) is 23.9. The number of ether oxygens (including phenoxy) is 1. The maximum absolute atomic E-state index is 13.1. The Hall–Kier alpha value is -2.81. The second kappa shape index (κ2) is 11.6. The van der Waals surface area contributed by atoms with Gasteiger partial charge in [0.15, 0.2) is 0 Å².